The van der Waals surface area contributed by atoms with Crippen molar-refractivity contribution in [3.05, 3.63) is 76.1 Å². The number of halogens is 1. The molecule has 4 rings (SSSR count). The summed E-state index contributed by atoms with van der Waals surface area (Å²) in [5.74, 6) is 0.204. The summed E-state index contributed by atoms with van der Waals surface area (Å²) in [5.41, 5.74) is 9.27. The number of nitrogen functional groups attached to an aromatic ring is 1. The van der Waals surface area contributed by atoms with Crippen molar-refractivity contribution in [2.75, 3.05) is 16.8 Å². The molecule has 0 aliphatic rings. The fraction of sp³-hybridized carbons (Fsp3) is 0.0800. The number of rotatable bonds is 7. The second-order valence-corrected chi connectivity index (χ2v) is 9.59. The molecule has 0 saturated carbocycles. The van der Waals surface area contributed by atoms with Crippen molar-refractivity contribution >= 4 is 51.6 Å². The van der Waals surface area contributed by atoms with Gasteiger partial charge in [0, 0.05) is 33.7 Å². The largest absolute Gasteiger partial charge is 0.383 e. The third-order valence-corrected chi connectivity index (χ3v) is 6.92. The predicted octanol–water partition coefficient (Wildman–Crippen LogP) is 5.97. The summed E-state index contributed by atoms with van der Waals surface area (Å²) in [6.07, 6.45) is 0.174. The molecular formula is C25H17ClN6OS2. The van der Waals surface area contributed by atoms with Gasteiger partial charge in [-0.1, -0.05) is 54.1 Å². The topological polar surface area (TPSA) is 128 Å². The Morgan fingerprint density at radius 1 is 1.03 bits per heavy atom. The molecule has 4 aromatic rings. The van der Waals surface area contributed by atoms with E-state index >= 15 is 0 Å². The quantitative estimate of drug-likeness (QED) is 0.289. The van der Waals surface area contributed by atoms with Gasteiger partial charge in [0.1, 0.15) is 28.5 Å². The Morgan fingerprint density at radius 3 is 2.43 bits per heavy atom. The normalized spacial score (nSPS) is 10.4. The van der Waals surface area contributed by atoms with Crippen molar-refractivity contribution in [1.82, 2.24) is 9.97 Å². The number of pyridine rings is 1. The zero-order valence-corrected chi connectivity index (χ0v) is 20.5. The van der Waals surface area contributed by atoms with Crippen LogP contribution in [0.15, 0.2) is 65.0 Å². The van der Waals surface area contributed by atoms with Crippen LogP contribution in [0.5, 0.6) is 0 Å². The SMILES string of the molecule is N#Cc1c(N)nc(SCCC(=O)Nc2nc(-c3ccc(Cl)cc3)cs2)c(C#N)c1-c1ccccc1. The maximum Gasteiger partial charge on any atom is 0.226 e. The molecule has 172 valence electrons. The van der Waals surface area contributed by atoms with E-state index < -0.39 is 0 Å². The van der Waals surface area contributed by atoms with Crippen LogP contribution in [0.3, 0.4) is 0 Å². The third-order valence-electron chi connectivity index (χ3n) is 4.94. The summed E-state index contributed by atoms with van der Waals surface area (Å²) in [6, 6.07) is 20.6. The molecule has 2 aromatic heterocycles. The zero-order chi connectivity index (χ0) is 24.8. The molecule has 0 unspecified atom stereocenters. The number of anilines is 2. The van der Waals surface area contributed by atoms with E-state index in [2.05, 4.69) is 27.4 Å². The molecule has 0 aliphatic carbocycles. The minimum atomic E-state index is -0.210. The third kappa shape index (κ3) is 5.61. The molecule has 2 heterocycles. The van der Waals surface area contributed by atoms with Gasteiger partial charge in [-0.05, 0) is 17.7 Å². The first-order valence-corrected chi connectivity index (χ1v) is 12.6. The van der Waals surface area contributed by atoms with Crippen LogP contribution >= 0.6 is 34.7 Å². The lowest BCUT2D eigenvalue weighted by molar-refractivity contribution is -0.115. The number of hydrogen-bond acceptors (Lipinski definition) is 8. The smallest absolute Gasteiger partial charge is 0.226 e. The second-order valence-electron chi connectivity index (χ2n) is 7.21. The number of nitriles is 2. The van der Waals surface area contributed by atoms with E-state index in [-0.39, 0.29) is 29.3 Å². The molecular weight excluding hydrogens is 500 g/mol. The van der Waals surface area contributed by atoms with Crippen molar-refractivity contribution in [3.8, 4) is 34.5 Å². The summed E-state index contributed by atoms with van der Waals surface area (Å²) < 4.78 is 0. The number of carbonyl (C=O) groups excluding carboxylic acids is 1. The van der Waals surface area contributed by atoms with Gasteiger partial charge in [-0.3, -0.25) is 4.79 Å². The summed E-state index contributed by atoms with van der Waals surface area (Å²) >= 11 is 8.50. The number of nitrogens with one attached hydrogen (secondary N) is 1. The van der Waals surface area contributed by atoms with Crippen LogP contribution in [-0.4, -0.2) is 21.6 Å². The number of benzene rings is 2. The van der Waals surface area contributed by atoms with Crippen molar-refractivity contribution in [1.29, 1.82) is 10.5 Å². The standard InChI is InChI=1S/C25H17ClN6OS2/c26-17-8-6-15(7-9-17)20-14-35-25(30-20)31-21(33)10-11-34-24-19(13-28)22(16-4-2-1-3-5-16)18(12-27)23(29)32-24/h1-9,14H,10-11H2,(H2,29,32)(H,30,31,33). The maximum absolute atomic E-state index is 12.5. The van der Waals surface area contributed by atoms with Crippen molar-refractivity contribution in [2.45, 2.75) is 11.4 Å². The van der Waals surface area contributed by atoms with Crippen LogP contribution in [0, 0.1) is 22.7 Å². The van der Waals surface area contributed by atoms with Crippen LogP contribution in [-0.2, 0) is 4.79 Å². The number of amides is 1. The molecule has 35 heavy (non-hydrogen) atoms. The first kappa shape index (κ1) is 24.2. The molecule has 0 saturated heterocycles. The highest BCUT2D eigenvalue weighted by atomic mass is 35.5. The first-order valence-electron chi connectivity index (χ1n) is 10.3. The van der Waals surface area contributed by atoms with Gasteiger partial charge in [0.05, 0.1) is 11.3 Å². The minimum Gasteiger partial charge on any atom is -0.383 e. The molecule has 3 N–H and O–H groups in total. The Bertz CT molecular complexity index is 1460. The number of nitrogens with zero attached hydrogens (tertiary/aromatic N) is 4. The highest BCUT2D eigenvalue weighted by Crippen LogP contribution is 2.35. The van der Waals surface area contributed by atoms with Gasteiger partial charge in [0.15, 0.2) is 5.13 Å². The summed E-state index contributed by atoms with van der Waals surface area (Å²) in [4.78, 5) is 21.2. The average Bonchev–Trinajstić information content (AvgIpc) is 3.33. The first-order chi connectivity index (χ1) is 17.0. The Kier molecular flexibility index (Phi) is 7.64. The Morgan fingerprint density at radius 2 is 1.74 bits per heavy atom. The lowest BCUT2D eigenvalue weighted by atomic mass is 9.97. The summed E-state index contributed by atoms with van der Waals surface area (Å²) in [6.45, 7) is 0. The van der Waals surface area contributed by atoms with E-state index in [1.54, 1.807) is 12.1 Å². The van der Waals surface area contributed by atoms with Crippen molar-refractivity contribution in [3.63, 3.8) is 0 Å². The van der Waals surface area contributed by atoms with E-state index in [1.165, 1.54) is 23.1 Å². The molecule has 0 atom stereocenters. The number of thiazole rings is 1. The fourth-order valence-corrected chi connectivity index (χ4v) is 5.10. The minimum absolute atomic E-state index is 0.0508. The van der Waals surface area contributed by atoms with Gasteiger partial charge >= 0.3 is 0 Å². The Balaban J connectivity index is 1.44. The van der Waals surface area contributed by atoms with Crippen LogP contribution in [0.4, 0.5) is 10.9 Å². The molecule has 0 fully saturated rings. The predicted molar refractivity (Wildman–Crippen MR) is 140 cm³/mol. The van der Waals surface area contributed by atoms with Gasteiger partial charge in [-0.25, -0.2) is 9.97 Å². The van der Waals surface area contributed by atoms with Gasteiger partial charge in [0.2, 0.25) is 5.91 Å². The highest BCUT2D eigenvalue weighted by Gasteiger charge is 2.20. The Labute approximate surface area is 215 Å². The molecule has 7 nitrogen and oxygen atoms in total. The maximum atomic E-state index is 12.5. The second kappa shape index (κ2) is 11.0. The van der Waals surface area contributed by atoms with Gasteiger partial charge < -0.3 is 11.1 Å². The lowest BCUT2D eigenvalue weighted by Gasteiger charge is -2.12. The average molecular weight is 517 g/mol. The monoisotopic (exact) mass is 516 g/mol. The summed E-state index contributed by atoms with van der Waals surface area (Å²) in [5, 5.41) is 25.6. The number of hydrogen-bond donors (Lipinski definition) is 2. The van der Waals surface area contributed by atoms with Crippen LogP contribution in [0.1, 0.15) is 17.5 Å². The van der Waals surface area contributed by atoms with Crippen LogP contribution < -0.4 is 11.1 Å². The lowest BCUT2D eigenvalue weighted by Crippen LogP contribution is -2.12. The molecule has 0 bridgehead atoms. The van der Waals surface area contributed by atoms with E-state index in [0.717, 1.165) is 11.3 Å². The number of carbonyl (C=O) groups is 1. The summed E-state index contributed by atoms with van der Waals surface area (Å²) in [7, 11) is 0. The van der Waals surface area contributed by atoms with Gasteiger partial charge in [-0.2, -0.15) is 10.5 Å². The van der Waals surface area contributed by atoms with Crippen molar-refractivity contribution in [2.24, 2.45) is 0 Å². The molecule has 0 aliphatic heterocycles. The molecule has 10 heteroatoms. The molecule has 2 aromatic carbocycles. The van der Waals surface area contributed by atoms with Crippen LogP contribution in [0.2, 0.25) is 5.02 Å². The van der Waals surface area contributed by atoms with Crippen molar-refractivity contribution < 1.29 is 4.79 Å². The molecule has 0 radical (unpaired) electrons. The number of nitrogens with two attached hydrogens (primary N) is 1. The Hall–Kier alpha value is -3.89. The van der Waals surface area contributed by atoms with Gasteiger partial charge in [-0.15, -0.1) is 23.1 Å². The highest BCUT2D eigenvalue weighted by molar-refractivity contribution is 7.99. The number of aromatic nitrogens is 2. The van der Waals surface area contributed by atoms with Crippen LogP contribution in [0.25, 0.3) is 22.4 Å². The molecule has 0 spiro atoms. The van der Waals surface area contributed by atoms with E-state index in [9.17, 15) is 15.3 Å². The fourth-order valence-electron chi connectivity index (χ4n) is 3.30. The van der Waals surface area contributed by atoms with E-state index in [1.807, 2.05) is 47.8 Å². The van der Waals surface area contributed by atoms with E-state index in [4.69, 9.17) is 17.3 Å². The number of thioether (sulfide) groups is 1. The molecule has 1 amide bonds. The van der Waals surface area contributed by atoms with Gasteiger partial charge in [0.25, 0.3) is 0 Å². The zero-order valence-electron chi connectivity index (χ0n) is 18.2. The van der Waals surface area contributed by atoms with E-state index in [0.29, 0.717) is 32.1 Å².